The molecule has 0 saturated carbocycles. The van der Waals surface area contributed by atoms with Crippen LogP contribution in [0.25, 0.3) is 0 Å². The smallest absolute Gasteiger partial charge is 0.335 e. The Balaban J connectivity index is 1.69. The van der Waals surface area contributed by atoms with Crippen LogP contribution in [0.5, 0.6) is 0 Å². The summed E-state index contributed by atoms with van der Waals surface area (Å²) in [4.78, 5) is 25.0. The number of aromatic nitrogens is 3. The molecule has 2 aromatic carbocycles. The first-order valence-electron chi connectivity index (χ1n) is 10.0. The molecule has 166 valence electrons. The van der Waals surface area contributed by atoms with E-state index in [1.165, 1.54) is 23.9 Å². The maximum atomic E-state index is 12.8. The van der Waals surface area contributed by atoms with Gasteiger partial charge in [0.2, 0.25) is 5.91 Å². The molecule has 1 amide bonds. The van der Waals surface area contributed by atoms with Gasteiger partial charge in [0.05, 0.1) is 16.6 Å². The lowest BCUT2D eigenvalue weighted by Gasteiger charge is -2.15. The Kier molecular flexibility index (Phi) is 8.52. The van der Waals surface area contributed by atoms with Crippen LogP contribution in [0, 0.1) is 0 Å². The van der Waals surface area contributed by atoms with Crippen molar-refractivity contribution in [1.29, 1.82) is 0 Å². The van der Waals surface area contributed by atoms with Gasteiger partial charge in [-0.3, -0.25) is 4.79 Å². The maximum Gasteiger partial charge on any atom is 0.335 e. The molecular formula is C23H24N4O3S2. The topological polar surface area (TPSA) is 97.1 Å². The second kappa shape index (κ2) is 11.5. The third-order valence-electron chi connectivity index (χ3n) is 4.53. The molecule has 3 rings (SSSR count). The fraction of sp³-hybridized carbons (Fsp3) is 0.217. The van der Waals surface area contributed by atoms with Crippen molar-refractivity contribution in [1.82, 2.24) is 14.8 Å². The van der Waals surface area contributed by atoms with Crippen LogP contribution in [0.2, 0.25) is 0 Å². The number of carbonyl (C=O) groups excluding carboxylic acids is 1. The predicted molar refractivity (Wildman–Crippen MR) is 128 cm³/mol. The number of carbonyl (C=O) groups is 2. The third-order valence-corrected chi connectivity index (χ3v) is 6.88. The Labute approximate surface area is 195 Å². The SMILES string of the molecule is C=CCn1c(CSc2ccccc2)nnc1SC(CC)C(=O)Nc1ccc(C(=O)O)cc1. The Hall–Kier alpha value is -3.04. The van der Waals surface area contributed by atoms with E-state index in [-0.39, 0.29) is 16.7 Å². The van der Waals surface area contributed by atoms with Crippen molar-refractivity contribution >= 4 is 41.1 Å². The summed E-state index contributed by atoms with van der Waals surface area (Å²) >= 11 is 3.03. The van der Waals surface area contributed by atoms with Crippen LogP contribution >= 0.6 is 23.5 Å². The van der Waals surface area contributed by atoms with E-state index in [0.717, 1.165) is 10.7 Å². The van der Waals surface area contributed by atoms with Crippen LogP contribution in [0.1, 0.15) is 29.5 Å². The number of nitrogens with zero attached hydrogens (tertiary/aromatic N) is 3. The molecule has 32 heavy (non-hydrogen) atoms. The summed E-state index contributed by atoms with van der Waals surface area (Å²) in [5, 5.41) is 20.8. The summed E-state index contributed by atoms with van der Waals surface area (Å²) in [5.41, 5.74) is 0.717. The van der Waals surface area contributed by atoms with Crippen molar-refractivity contribution in [2.75, 3.05) is 5.32 Å². The zero-order chi connectivity index (χ0) is 22.9. The molecule has 0 saturated heterocycles. The van der Waals surface area contributed by atoms with Crippen LogP contribution in [-0.4, -0.2) is 37.0 Å². The largest absolute Gasteiger partial charge is 0.478 e. The molecule has 0 aliphatic carbocycles. The third kappa shape index (κ3) is 6.24. The van der Waals surface area contributed by atoms with Crippen LogP contribution in [0.15, 0.2) is 77.3 Å². The molecule has 1 aromatic heterocycles. The highest BCUT2D eigenvalue weighted by atomic mass is 32.2. The summed E-state index contributed by atoms with van der Waals surface area (Å²) in [6, 6.07) is 16.2. The molecule has 0 aliphatic rings. The van der Waals surface area contributed by atoms with Gasteiger partial charge in [0.25, 0.3) is 0 Å². The average Bonchev–Trinajstić information content (AvgIpc) is 3.18. The van der Waals surface area contributed by atoms with Crippen LogP contribution < -0.4 is 5.32 Å². The molecule has 0 fully saturated rings. The molecule has 3 aromatic rings. The molecular weight excluding hydrogens is 444 g/mol. The quantitative estimate of drug-likeness (QED) is 0.303. The number of amides is 1. The number of aromatic carboxylic acids is 1. The fourth-order valence-electron chi connectivity index (χ4n) is 2.86. The Morgan fingerprint density at radius 2 is 1.88 bits per heavy atom. The number of allylic oxidation sites excluding steroid dienone is 1. The summed E-state index contributed by atoms with van der Waals surface area (Å²) in [5.74, 6) is 0.298. The van der Waals surface area contributed by atoms with Gasteiger partial charge in [0, 0.05) is 17.1 Å². The molecule has 1 heterocycles. The zero-order valence-electron chi connectivity index (χ0n) is 17.6. The van der Waals surface area contributed by atoms with Gasteiger partial charge in [0.15, 0.2) is 5.16 Å². The second-order valence-corrected chi connectivity index (χ2v) is 9.00. The Morgan fingerprint density at radius 1 is 1.16 bits per heavy atom. The van der Waals surface area contributed by atoms with Crippen LogP contribution in [-0.2, 0) is 17.1 Å². The lowest BCUT2D eigenvalue weighted by molar-refractivity contribution is -0.115. The maximum absolute atomic E-state index is 12.8. The standard InChI is InChI=1S/C23H24N4O3S2/c1-3-14-27-20(15-31-18-8-6-5-7-9-18)25-26-23(27)32-19(4-2)21(28)24-17-12-10-16(11-13-17)22(29)30/h3,5-13,19H,1,4,14-15H2,2H3,(H,24,28)(H,29,30). The van der Waals surface area contributed by atoms with Crippen molar-refractivity contribution in [2.24, 2.45) is 0 Å². The number of hydrogen-bond acceptors (Lipinski definition) is 6. The summed E-state index contributed by atoms with van der Waals surface area (Å²) in [6.45, 7) is 6.32. The molecule has 0 bridgehead atoms. The highest BCUT2D eigenvalue weighted by molar-refractivity contribution is 8.00. The van der Waals surface area contributed by atoms with Crippen molar-refractivity contribution in [3.05, 3.63) is 78.6 Å². The minimum absolute atomic E-state index is 0.169. The van der Waals surface area contributed by atoms with E-state index in [1.54, 1.807) is 30.0 Å². The van der Waals surface area contributed by atoms with Gasteiger partial charge >= 0.3 is 5.97 Å². The van der Waals surface area contributed by atoms with Gasteiger partial charge in [-0.1, -0.05) is 43.0 Å². The monoisotopic (exact) mass is 468 g/mol. The van der Waals surface area contributed by atoms with Crippen LogP contribution in [0.4, 0.5) is 5.69 Å². The average molecular weight is 469 g/mol. The number of carboxylic acids is 1. The minimum atomic E-state index is -1.01. The molecule has 2 N–H and O–H groups in total. The fourth-order valence-corrected chi connectivity index (χ4v) is 4.70. The van der Waals surface area contributed by atoms with Gasteiger partial charge in [-0.15, -0.1) is 28.5 Å². The number of thioether (sulfide) groups is 2. The molecule has 1 unspecified atom stereocenters. The highest BCUT2D eigenvalue weighted by Crippen LogP contribution is 2.28. The molecule has 1 atom stereocenters. The summed E-state index contributed by atoms with van der Waals surface area (Å²) < 4.78 is 1.98. The van der Waals surface area contributed by atoms with E-state index in [0.29, 0.717) is 29.6 Å². The normalized spacial score (nSPS) is 11.7. The molecule has 0 spiro atoms. The van der Waals surface area contributed by atoms with Crippen molar-refractivity contribution in [3.63, 3.8) is 0 Å². The van der Waals surface area contributed by atoms with E-state index in [9.17, 15) is 9.59 Å². The highest BCUT2D eigenvalue weighted by Gasteiger charge is 2.22. The molecule has 9 heteroatoms. The van der Waals surface area contributed by atoms with Crippen molar-refractivity contribution < 1.29 is 14.7 Å². The number of nitrogens with one attached hydrogen (secondary N) is 1. The van der Waals surface area contributed by atoms with E-state index in [2.05, 4.69) is 34.2 Å². The first-order chi connectivity index (χ1) is 15.5. The number of anilines is 1. The van der Waals surface area contributed by atoms with E-state index >= 15 is 0 Å². The summed E-state index contributed by atoms with van der Waals surface area (Å²) in [6.07, 6.45) is 2.38. The van der Waals surface area contributed by atoms with Gasteiger partial charge < -0.3 is 15.0 Å². The predicted octanol–water partition coefficient (Wildman–Crippen LogP) is 4.96. The summed E-state index contributed by atoms with van der Waals surface area (Å²) in [7, 11) is 0. The van der Waals surface area contributed by atoms with Crippen molar-refractivity contribution in [3.8, 4) is 0 Å². The number of benzene rings is 2. The number of carboxylic acid groups (broad SMARTS) is 1. The zero-order valence-corrected chi connectivity index (χ0v) is 19.2. The van der Waals surface area contributed by atoms with Gasteiger partial charge in [0.1, 0.15) is 5.82 Å². The second-order valence-electron chi connectivity index (χ2n) is 6.79. The number of hydrogen-bond donors (Lipinski definition) is 2. The van der Waals surface area contributed by atoms with E-state index < -0.39 is 5.97 Å². The van der Waals surface area contributed by atoms with Gasteiger partial charge in [-0.25, -0.2) is 4.79 Å². The molecule has 7 nitrogen and oxygen atoms in total. The minimum Gasteiger partial charge on any atom is -0.478 e. The molecule has 0 aliphatic heterocycles. The van der Waals surface area contributed by atoms with Gasteiger partial charge in [-0.05, 0) is 42.8 Å². The van der Waals surface area contributed by atoms with E-state index in [1.807, 2.05) is 29.7 Å². The Bertz CT molecular complexity index is 1070. The first kappa shape index (κ1) is 23.6. The first-order valence-corrected chi connectivity index (χ1v) is 11.9. The lowest BCUT2D eigenvalue weighted by atomic mass is 10.2. The lowest BCUT2D eigenvalue weighted by Crippen LogP contribution is -2.25. The molecule has 0 radical (unpaired) electrons. The van der Waals surface area contributed by atoms with E-state index in [4.69, 9.17) is 5.11 Å². The van der Waals surface area contributed by atoms with Crippen molar-refractivity contribution in [2.45, 2.75) is 40.9 Å². The Morgan fingerprint density at radius 3 is 2.50 bits per heavy atom. The van der Waals surface area contributed by atoms with Gasteiger partial charge in [-0.2, -0.15) is 0 Å². The number of rotatable bonds is 11. The van der Waals surface area contributed by atoms with Crippen LogP contribution in [0.3, 0.4) is 0 Å².